The van der Waals surface area contributed by atoms with Gasteiger partial charge in [-0.15, -0.1) is 0 Å². The van der Waals surface area contributed by atoms with Crippen molar-refractivity contribution in [2.24, 2.45) is 16.8 Å². The molecule has 3 atom stereocenters. The second-order valence-electron chi connectivity index (χ2n) is 11.4. The Morgan fingerprint density at radius 1 is 1.17 bits per heavy atom. The molecule has 6 rings (SSSR count). The highest BCUT2D eigenvalue weighted by atomic mass is 16.1. The average Bonchev–Trinajstić information content (AvgIpc) is 3.52. The van der Waals surface area contributed by atoms with Gasteiger partial charge >= 0.3 is 0 Å². The van der Waals surface area contributed by atoms with Crippen molar-refractivity contribution in [2.45, 2.75) is 57.4 Å². The van der Waals surface area contributed by atoms with Crippen LogP contribution in [0, 0.1) is 11.8 Å². The number of rotatable bonds is 7. The smallest absolute Gasteiger partial charge is 0.251 e. The Kier molecular flexibility index (Phi) is 5.88. The second-order valence-corrected chi connectivity index (χ2v) is 11.4. The van der Waals surface area contributed by atoms with Crippen LogP contribution >= 0.6 is 0 Å². The van der Waals surface area contributed by atoms with E-state index in [1.807, 2.05) is 12.3 Å². The molecule has 2 heterocycles. The van der Waals surface area contributed by atoms with Crippen molar-refractivity contribution in [3.05, 3.63) is 76.4 Å². The van der Waals surface area contributed by atoms with Gasteiger partial charge in [0.2, 0.25) is 0 Å². The van der Waals surface area contributed by atoms with Crippen molar-refractivity contribution < 1.29 is 4.79 Å². The lowest BCUT2D eigenvalue weighted by atomic mass is 9.59. The summed E-state index contributed by atoms with van der Waals surface area (Å²) in [5.74, 6) is 1.60. The molecule has 1 saturated heterocycles. The van der Waals surface area contributed by atoms with Gasteiger partial charge in [0, 0.05) is 30.9 Å². The van der Waals surface area contributed by atoms with E-state index in [1.54, 1.807) is 0 Å². The van der Waals surface area contributed by atoms with E-state index in [1.165, 1.54) is 60.2 Å². The molecule has 2 bridgehead atoms. The van der Waals surface area contributed by atoms with Crippen LogP contribution in [0.3, 0.4) is 0 Å². The molecular formula is C31H37N3O. The van der Waals surface area contributed by atoms with Gasteiger partial charge in [-0.1, -0.05) is 50.3 Å². The number of piperidine rings is 1. The predicted octanol–water partition coefficient (Wildman–Crippen LogP) is 5.06. The molecule has 182 valence electrons. The molecule has 2 aromatic rings. The molecule has 4 aliphatic rings. The Hall–Kier alpha value is -2.72. The lowest BCUT2D eigenvalue weighted by molar-refractivity contribution is 0.0284. The maximum atomic E-state index is 13.0. The fraction of sp³-hybridized carbons (Fsp3) is 0.484. The molecule has 1 N–H and O–H groups in total. The first-order chi connectivity index (χ1) is 17.0. The number of nitrogens with one attached hydrogen (secondary N) is 1. The molecule has 0 radical (unpaired) electrons. The number of likely N-dealkylation sites (tertiary alicyclic amines) is 1. The molecule has 0 unspecified atom stereocenters. The lowest BCUT2D eigenvalue weighted by Crippen LogP contribution is -2.58. The maximum absolute atomic E-state index is 13.0. The van der Waals surface area contributed by atoms with Gasteiger partial charge in [0.25, 0.3) is 5.91 Å². The number of amides is 1. The van der Waals surface area contributed by atoms with Crippen LogP contribution in [0.15, 0.2) is 53.5 Å². The summed E-state index contributed by atoms with van der Waals surface area (Å²) >= 11 is 0. The number of hydrogen-bond donors (Lipinski definition) is 1. The largest absolute Gasteiger partial charge is 0.352 e. The Morgan fingerprint density at radius 3 is 2.74 bits per heavy atom. The number of allylic oxidation sites excluding steroid dienone is 1. The van der Waals surface area contributed by atoms with Crippen molar-refractivity contribution >= 4 is 17.7 Å². The standard InChI is InChI=1S/C31H37N3O/c1-21-29-18-25-9-10-26(17-28(25)31(21,2)13-16-34(29)20-23-3-4-23)30(35)33-15-11-22-5-7-24(8-6-22)27-12-14-32-19-27/h5-10,12,17,19,21,23,29H,3-4,11,13-16,18,20H2,1-2H3,(H,33,35)/t21-,29+,31+/m0/s1. The summed E-state index contributed by atoms with van der Waals surface area (Å²) in [4.78, 5) is 20.1. The van der Waals surface area contributed by atoms with E-state index in [9.17, 15) is 4.79 Å². The van der Waals surface area contributed by atoms with Gasteiger partial charge in [-0.3, -0.25) is 14.7 Å². The van der Waals surface area contributed by atoms with Crippen molar-refractivity contribution in [3.8, 4) is 0 Å². The zero-order valence-corrected chi connectivity index (χ0v) is 21.1. The van der Waals surface area contributed by atoms with Crippen LogP contribution in [0.4, 0.5) is 0 Å². The first-order valence-electron chi connectivity index (χ1n) is 13.5. The zero-order chi connectivity index (χ0) is 24.0. The minimum Gasteiger partial charge on any atom is -0.352 e. The van der Waals surface area contributed by atoms with Gasteiger partial charge in [0.05, 0.1) is 6.54 Å². The van der Waals surface area contributed by atoms with Crippen LogP contribution in [0.25, 0.3) is 5.57 Å². The molecule has 2 aliphatic heterocycles. The molecule has 1 saturated carbocycles. The Bertz CT molecular complexity index is 1180. The van der Waals surface area contributed by atoms with Crippen LogP contribution in [0.2, 0.25) is 0 Å². The van der Waals surface area contributed by atoms with Crippen LogP contribution < -0.4 is 5.32 Å². The molecule has 0 spiro atoms. The van der Waals surface area contributed by atoms with Gasteiger partial charge in [0.15, 0.2) is 0 Å². The van der Waals surface area contributed by atoms with Crippen molar-refractivity contribution in [1.82, 2.24) is 10.2 Å². The number of aliphatic imine (C=N–C) groups is 1. The van der Waals surface area contributed by atoms with E-state index in [0.717, 1.165) is 30.9 Å². The number of nitrogens with zero attached hydrogens (tertiary/aromatic N) is 2. The Labute approximate surface area is 209 Å². The number of carbonyl (C=O) groups is 1. The quantitative estimate of drug-likeness (QED) is 0.619. The predicted molar refractivity (Wildman–Crippen MR) is 143 cm³/mol. The number of carbonyl (C=O) groups excluding carboxylic acids is 1. The molecule has 35 heavy (non-hydrogen) atoms. The molecule has 2 aromatic carbocycles. The van der Waals surface area contributed by atoms with Gasteiger partial charge < -0.3 is 5.32 Å². The fourth-order valence-corrected chi connectivity index (χ4v) is 6.54. The summed E-state index contributed by atoms with van der Waals surface area (Å²) in [5, 5.41) is 3.16. The summed E-state index contributed by atoms with van der Waals surface area (Å²) in [6, 6.07) is 15.7. The van der Waals surface area contributed by atoms with E-state index in [-0.39, 0.29) is 11.3 Å². The Balaban J connectivity index is 1.10. The molecule has 4 heteroatoms. The minimum atomic E-state index is 0.0429. The number of benzene rings is 2. The summed E-state index contributed by atoms with van der Waals surface area (Å²) in [7, 11) is 0. The van der Waals surface area contributed by atoms with Gasteiger partial charge in [-0.05, 0) is 95.9 Å². The van der Waals surface area contributed by atoms with Crippen LogP contribution in [-0.4, -0.2) is 49.2 Å². The van der Waals surface area contributed by atoms with E-state index >= 15 is 0 Å². The SMILES string of the molecule is C[C@H]1[C@H]2Cc3ccc(C(=O)NCCc4ccc(C5=CCN=C5)cc4)cc3[C@]1(C)CCN2CC1CC1. The maximum Gasteiger partial charge on any atom is 0.251 e. The first-order valence-corrected chi connectivity index (χ1v) is 13.5. The highest BCUT2D eigenvalue weighted by Crippen LogP contribution is 2.49. The topological polar surface area (TPSA) is 44.7 Å². The van der Waals surface area contributed by atoms with Gasteiger partial charge in [0.1, 0.15) is 0 Å². The fourth-order valence-electron chi connectivity index (χ4n) is 6.54. The molecule has 2 fully saturated rings. The van der Waals surface area contributed by atoms with E-state index in [2.05, 4.69) is 71.5 Å². The van der Waals surface area contributed by atoms with Crippen molar-refractivity contribution in [3.63, 3.8) is 0 Å². The van der Waals surface area contributed by atoms with Crippen molar-refractivity contribution in [2.75, 3.05) is 26.2 Å². The normalized spacial score (nSPS) is 27.4. The second kappa shape index (κ2) is 9.05. The van der Waals surface area contributed by atoms with Gasteiger partial charge in [-0.25, -0.2) is 0 Å². The zero-order valence-electron chi connectivity index (χ0n) is 21.1. The van der Waals surface area contributed by atoms with Crippen LogP contribution in [0.1, 0.15) is 65.7 Å². The van der Waals surface area contributed by atoms with Crippen LogP contribution in [-0.2, 0) is 18.3 Å². The highest BCUT2D eigenvalue weighted by molar-refractivity contribution is 6.11. The van der Waals surface area contributed by atoms with E-state index < -0.39 is 0 Å². The summed E-state index contributed by atoms with van der Waals surface area (Å²) < 4.78 is 0. The van der Waals surface area contributed by atoms with Crippen LogP contribution in [0.5, 0.6) is 0 Å². The summed E-state index contributed by atoms with van der Waals surface area (Å²) in [5.41, 5.74) is 7.47. The van der Waals surface area contributed by atoms with Crippen molar-refractivity contribution in [1.29, 1.82) is 0 Å². The van der Waals surface area contributed by atoms with E-state index in [0.29, 0.717) is 18.5 Å². The van der Waals surface area contributed by atoms with E-state index in [4.69, 9.17) is 0 Å². The lowest BCUT2D eigenvalue weighted by Gasteiger charge is -2.55. The first kappa shape index (κ1) is 22.7. The molecule has 2 aliphatic carbocycles. The average molecular weight is 468 g/mol. The number of hydrogen-bond acceptors (Lipinski definition) is 3. The summed E-state index contributed by atoms with van der Waals surface area (Å²) in [6.07, 6.45) is 10.1. The molecule has 1 amide bonds. The third-order valence-corrected chi connectivity index (χ3v) is 9.21. The van der Waals surface area contributed by atoms with Gasteiger partial charge in [-0.2, -0.15) is 0 Å². The number of fused-ring (bicyclic) bond motifs is 4. The molecule has 0 aromatic heterocycles. The Morgan fingerprint density at radius 2 is 2.00 bits per heavy atom. The summed E-state index contributed by atoms with van der Waals surface area (Å²) in [6.45, 7) is 8.79. The highest BCUT2D eigenvalue weighted by Gasteiger charge is 2.49. The third-order valence-electron chi connectivity index (χ3n) is 9.21. The third kappa shape index (κ3) is 4.38. The minimum absolute atomic E-state index is 0.0429. The monoisotopic (exact) mass is 467 g/mol. The molecule has 4 nitrogen and oxygen atoms in total. The molecular weight excluding hydrogens is 430 g/mol.